The van der Waals surface area contributed by atoms with Crippen LogP contribution in [0.5, 0.6) is 0 Å². The largest absolute Gasteiger partial charge is 0.393 e. The van der Waals surface area contributed by atoms with E-state index in [0.29, 0.717) is 19.3 Å². The molecule has 0 aliphatic heterocycles. The Morgan fingerprint density at radius 2 is 2.00 bits per heavy atom. The zero-order valence-corrected chi connectivity index (χ0v) is 15.6. The van der Waals surface area contributed by atoms with Crippen molar-refractivity contribution in [3.8, 4) is 0 Å². The van der Waals surface area contributed by atoms with Gasteiger partial charge in [-0.1, -0.05) is 19.9 Å². The first-order chi connectivity index (χ1) is 12.2. The molecule has 26 heavy (non-hydrogen) atoms. The van der Waals surface area contributed by atoms with E-state index in [1.54, 1.807) is 6.08 Å². The van der Waals surface area contributed by atoms with Gasteiger partial charge in [-0.3, -0.25) is 9.59 Å². The minimum Gasteiger partial charge on any atom is -0.393 e. The molecule has 3 fully saturated rings. The average molecular weight is 362 g/mol. The highest BCUT2D eigenvalue weighted by Crippen LogP contribution is 2.67. The number of rotatable bonds is 2. The van der Waals surface area contributed by atoms with Crippen LogP contribution >= 0.6 is 0 Å². The number of carbonyl (C=O) groups excluding carboxylic acids is 2. The topological polar surface area (TPSA) is 94.8 Å². The fourth-order valence-electron chi connectivity index (χ4n) is 7.35. The highest BCUT2D eigenvalue weighted by atomic mass is 16.3. The van der Waals surface area contributed by atoms with Crippen LogP contribution in [0.15, 0.2) is 12.2 Å². The summed E-state index contributed by atoms with van der Waals surface area (Å²) in [5, 5.41) is 31.7. The lowest BCUT2D eigenvalue weighted by molar-refractivity contribution is -0.188. The number of aliphatic hydroxyl groups excluding tert-OH is 2. The second-order valence-electron chi connectivity index (χ2n) is 9.61. The fraction of sp³-hybridized carbons (Fsp3) is 0.810. The van der Waals surface area contributed by atoms with Crippen molar-refractivity contribution in [2.24, 2.45) is 34.5 Å². The first-order valence-corrected chi connectivity index (χ1v) is 9.94. The molecule has 3 N–H and O–H groups in total. The number of allylic oxidation sites excluding steroid dienone is 2. The molecule has 0 saturated heterocycles. The molecule has 0 spiro atoms. The van der Waals surface area contributed by atoms with E-state index in [1.807, 2.05) is 13.0 Å². The average Bonchev–Trinajstić information content (AvgIpc) is 2.86. The maximum atomic E-state index is 12.4. The Bertz CT molecular complexity index is 671. The van der Waals surface area contributed by atoms with E-state index >= 15 is 0 Å². The van der Waals surface area contributed by atoms with Gasteiger partial charge in [-0.05, 0) is 67.3 Å². The highest BCUT2D eigenvalue weighted by Gasteiger charge is 2.68. The van der Waals surface area contributed by atoms with Crippen molar-refractivity contribution in [2.45, 2.75) is 64.1 Å². The number of hydrogen-bond donors (Lipinski definition) is 3. The standard InChI is InChI=1S/C21H30O5/c1-19-7-5-13(23)9-12(19)3-4-14-15-6-8-21(26,17(25)11-22)20(15,2)10-16(24)18(14)19/h5,7,12,14-16,18,22,24,26H,3-4,6,8-11H2,1-2H3/t12?,14-,15-,16?,18+,19-,20-,21-/m0/s1. The Morgan fingerprint density at radius 3 is 2.69 bits per heavy atom. The molecule has 0 amide bonds. The molecule has 4 aliphatic rings. The number of carbonyl (C=O) groups is 2. The number of aliphatic hydroxyl groups is 3. The monoisotopic (exact) mass is 362 g/mol. The van der Waals surface area contributed by atoms with E-state index in [9.17, 15) is 24.9 Å². The molecule has 0 heterocycles. The third-order valence-corrected chi connectivity index (χ3v) is 8.73. The van der Waals surface area contributed by atoms with E-state index in [-0.39, 0.29) is 34.9 Å². The molecule has 3 saturated carbocycles. The van der Waals surface area contributed by atoms with Gasteiger partial charge in [0.25, 0.3) is 0 Å². The van der Waals surface area contributed by atoms with Crippen LogP contribution in [0.3, 0.4) is 0 Å². The van der Waals surface area contributed by atoms with Crippen molar-refractivity contribution >= 4 is 11.6 Å². The van der Waals surface area contributed by atoms with Gasteiger partial charge in [0.1, 0.15) is 12.2 Å². The van der Waals surface area contributed by atoms with Gasteiger partial charge in [-0.25, -0.2) is 0 Å². The molecule has 4 rings (SSSR count). The lowest BCUT2D eigenvalue weighted by Crippen LogP contribution is -2.62. The molecule has 4 aliphatic carbocycles. The fourth-order valence-corrected chi connectivity index (χ4v) is 7.35. The molecular formula is C21H30O5. The number of ketones is 2. The Hall–Kier alpha value is -1.04. The third kappa shape index (κ3) is 2.14. The zero-order chi connectivity index (χ0) is 18.9. The van der Waals surface area contributed by atoms with Crippen LogP contribution in [-0.2, 0) is 9.59 Å². The van der Waals surface area contributed by atoms with E-state index in [4.69, 9.17) is 0 Å². The summed E-state index contributed by atoms with van der Waals surface area (Å²) in [5.74, 6) is 0.347. The molecule has 0 bridgehead atoms. The van der Waals surface area contributed by atoms with Gasteiger partial charge < -0.3 is 15.3 Å². The summed E-state index contributed by atoms with van der Waals surface area (Å²) in [6, 6.07) is 0. The molecule has 5 nitrogen and oxygen atoms in total. The third-order valence-electron chi connectivity index (χ3n) is 8.73. The molecule has 0 aromatic carbocycles. The molecule has 0 aromatic rings. The van der Waals surface area contributed by atoms with Gasteiger partial charge in [0.2, 0.25) is 0 Å². The lowest BCUT2D eigenvalue weighted by Gasteiger charge is -2.61. The highest BCUT2D eigenvalue weighted by molar-refractivity contribution is 5.91. The Labute approximate surface area is 154 Å². The summed E-state index contributed by atoms with van der Waals surface area (Å²) in [4.78, 5) is 24.2. The van der Waals surface area contributed by atoms with Gasteiger partial charge in [-0.15, -0.1) is 0 Å². The van der Waals surface area contributed by atoms with Crippen molar-refractivity contribution in [3.63, 3.8) is 0 Å². The first kappa shape index (κ1) is 18.3. The smallest absolute Gasteiger partial charge is 0.190 e. The second kappa shape index (κ2) is 5.73. The first-order valence-electron chi connectivity index (χ1n) is 9.94. The predicted molar refractivity (Wildman–Crippen MR) is 95.1 cm³/mol. The van der Waals surface area contributed by atoms with Gasteiger partial charge in [0.05, 0.1) is 6.10 Å². The molecule has 0 radical (unpaired) electrons. The summed E-state index contributed by atoms with van der Waals surface area (Å²) in [7, 11) is 0. The second-order valence-corrected chi connectivity index (χ2v) is 9.61. The van der Waals surface area contributed by atoms with Crippen molar-refractivity contribution in [1.82, 2.24) is 0 Å². The maximum Gasteiger partial charge on any atom is 0.190 e. The van der Waals surface area contributed by atoms with Crippen molar-refractivity contribution in [2.75, 3.05) is 6.61 Å². The van der Waals surface area contributed by atoms with Crippen LogP contribution in [0, 0.1) is 34.5 Å². The predicted octanol–water partition coefficient (Wildman–Crippen LogP) is 1.64. The summed E-state index contributed by atoms with van der Waals surface area (Å²) >= 11 is 0. The number of Topliss-reactive ketones (excluding diaryl/α,β-unsaturated/α-hetero) is 1. The van der Waals surface area contributed by atoms with Crippen LogP contribution in [0.25, 0.3) is 0 Å². The summed E-state index contributed by atoms with van der Waals surface area (Å²) in [6.45, 7) is 3.43. The zero-order valence-electron chi connectivity index (χ0n) is 15.6. The van der Waals surface area contributed by atoms with Crippen LogP contribution in [0.1, 0.15) is 52.4 Å². The summed E-state index contributed by atoms with van der Waals surface area (Å²) in [5.41, 5.74) is -2.46. The van der Waals surface area contributed by atoms with E-state index < -0.39 is 29.5 Å². The molecule has 8 atom stereocenters. The lowest BCUT2D eigenvalue weighted by atomic mass is 9.44. The van der Waals surface area contributed by atoms with Gasteiger partial charge in [-0.2, -0.15) is 0 Å². The van der Waals surface area contributed by atoms with Crippen LogP contribution in [-0.4, -0.2) is 45.2 Å². The number of fused-ring (bicyclic) bond motifs is 5. The van der Waals surface area contributed by atoms with Gasteiger partial charge in [0, 0.05) is 11.8 Å². The van der Waals surface area contributed by atoms with E-state index in [2.05, 4.69) is 6.92 Å². The van der Waals surface area contributed by atoms with Gasteiger partial charge in [0.15, 0.2) is 11.6 Å². The van der Waals surface area contributed by atoms with Crippen molar-refractivity contribution in [1.29, 1.82) is 0 Å². The van der Waals surface area contributed by atoms with Crippen LogP contribution < -0.4 is 0 Å². The minimum atomic E-state index is -1.55. The van der Waals surface area contributed by atoms with E-state index in [1.165, 1.54) is 0 Å². The quantitative estimate of drug-likeness (QED) is 0.694. The van der Waals surface area contributed by atoms with Crippen LogP contribution in [0.2, 0.25) is 0 Å². The molecule has 144 valence electrons. The summed E-state index contributed by atoms with van der Waals surface area (Å²) in [6.07, 6.45) is 6.97. The molecule has 0 aromatic heterocycles. The number of hydrogen-bond acceptors (Lipinski definition) is 5. The van der Waals surface area contributed by atoms with Crippen molar-refractivity contribution in [3.05, 3.63) is 12.2 Å². The molecular weight excluding hydrogens is 332 g/mol. The Balaban J connectivity index is 1.73. The SMILES string of the molecule is C[C@]12C=CC(=O)CC1CC[C@@H]1[C@@H]2C(O)C[C@@]2(C)[C@H]1CC[C@]2(O)C(=O)CO. The Morgan fingerprint density at radius 1 is 1.27 bits per heavy atom. The Kier molecular flexibility index (Phi) is 4.04. The minimum absolute atomic E-state index is 0.0512. The normalized spacial score (nSPS) is 53.0. The van der Waals surface area contributed by atoms with Crippen LogP contribution in [0.4, 0.5) is 0 Å². The van der Waals surface area contributed by atoms with E-state index in [0.717, 1.165) is 19.3 Å². The molecule has 5 heteroatoms. The molecule has 2 unspecified atom stereocenters. The maximum absolute atomic E-state index is 12.4. The summed E-state index contributed by atoms with van der Waals surface area (Å²) < 4.78 is 0. The van der Waals surface area contributed by atoms with Crippen molar-refractivity contribution < 1.29 is 24.9 Å². The van der Waals surface area contributed by atoms with Gasteiger partial charge >= 0.3 is 0 Å².